The minimum absolute atomic E-state index is 0.0524. The number of aromatic amines is 1. The second-order valence-corrected chi connectivity index (χ2v) is 7.20. The van der Waals surface area contributed by atoms with Crippen molar-refractivity contribution in [2.24, 2.45) is 11.8 Å². The number of aryl methyl sites for hydroxylation is 2. The number of H-pyrrole nitrogens is 1. The molecule has 6 heteroatoms. The van der Waals surface area contributed by atoms with Gasteiger partial charge in [-0.05, 0) is 31.7 Å². The molecule has 0 spiro atoms. The summed E-state index contributed by atoms with van der Waals surface area (Å²) in [5.41, 5.74) is 3.18. The number of nitrogens with zero attached hydrogens (tertiary/aromatic N) is 4. The zero-order valence-electron chi connectivity index (χ0n) is 15.5. The largest absolute Gasteiger partial charge is 0.340 e. The molecule has 1 N–H and O–H groups in total. The molecular formula is C18H29N5O. The molecule has 1 aromatic rings. The van der Waals surface area contributed by atoms with E-state index < -0.39 is 0 Å². The van der Waals surface area contributed by atoms with Crippen LogP contribution < -0.4 is 0 Å². The van der Waals surface area contributed by atoms with Crippen molar-refractivity contribution in [1.29, 1.82) is 5.26 Å². The second kappa shape index (κ2) is 7.80. The lowest BCUT2D eigenvalue weighted by Gasteiger charge is -2.39. The van der Waals surface area contributed by atoms with Gasteiger partial charge in [0.15, 0.2) is 0 Å². The lowest BCUT2D eigenvalue weighted by molar-refractivity contribution is -0.137. The highest BCUT2D eigenvalue weighted by atomic mass is 16.2. The zero-order valence-corrected chi connectivity index (χ0v) is 15.5. The molecule has 6 nitrogen and oxygen atoms in total. The summed E-state index contributed by atoms with van der Waals surface area (Å²) in [6.07, 6.45) is 0.722. The van der Waals surface area contributed by atoms with Gasteiger partial charge in [0.05, 0.1) is 11.8 Å². The molecular weight excluding hydrogens is 302 g/mol. The van der Waals surface area contributed by atoms with Crippen molar-refractivity contribution in [3.63, 3.8) is 0 Å². The molecule has 0 unspecified atom stereocenters. The Morgan fingerprint density at radius 2 is 1.88 bits per heavy atom. The molecule has 132 valence electrons. The van der Waals surface area contributed by atoms with Gasteiger partial charge in [-0.2, -0.15) is 10.4 Å². The van der Waals surface area contributed by atoms with E-state index in [0.717, 1.165) is 36.5 Å². The lowest BCUT2D eigenvalue weighted by Crippen LogP contribution is -2.53. The molecule has 1 fully saturated rings. The predicted molar refractivity (Wildman–Crippen MR) is 93.3 cm³/mol. The van der Waals surface area contributed by atoms with Crippen molar-refractivity contribution in [3.8, 4) is 6.07 Å². The van der Waals surface area contributed by atoms with Gasteiger partial charge in [-0.3, -0.25) is 14.8 Å². The fraction of sp³-hybridized carbons (Fsp3) is 0.722. The van der Waals surface area contributed by atoms with Crippen LogP contribution in [-0.4, -0.2) is 58.1 Å². The van der Waals surface area contributed by atoms with E-state index in [0.29, 0.717) is 19.0 Å². The van der Waals surface area contributed by atoms with Crippen LogP contribution in [0.3, 0.4) is 0 Å². The number of nitrogens with one attached hydrogen (secondary N) is 1. The van der Waals surface area contributed by atoms with Crippen molar-refractivity contribution in [2.75, 3.05) is 26.2 Å². The van der Waals surface area contributed by atoms with E-state index in [1.807, 2.05) is 25.7 Å². The topological polar surface area (TPSA) is 76.0 Å². The van der Waals surface area contributed by atoms with E-state index in [9.17, 15) is 10.1 Å². The van der Waals surface area contributed by atoms with Gasteiger partial charge in [-0.25, -0.2) is 0 Å². The van der Waals surface area contributed by atoms with Gasteiger partial charge in [-0.15, -0.1) is 0 Å². The van der Waals surface area contributed by atoms with E-state index in [2.05, 4.69) is 35.0 Å². The van der Waals surface area contributed by atoms with E-state index in [-0.39, 0.29) is 17.9 Å². The average Bonchev–Trinajstić information content (AvgIpc) is 2.87. The molecule has 1 saturated heterocycles. The monoisotopic (exact) mass is 331 g/mol. The van der Waals surface area contributed by atoms with Crippen LogP contribution in [0.1, 0.15) is 37.7 Å². The van der Waals surface area contributed by atoms with Gasteiger partial charge in [0, 0.05) is 37.8 Å². The molecule has 2 heterocycles. The van der Waals surface area contributed by atoms with Gasteiger partial charge in [0.25, 0.3) is 0 Å². The van der Waals surface area contributed by atoms with Crippen LogP contribution in [0.5, 0.6) is 0 Å². The summed E-state index contributed by atoms with van der Waals surface area (Å²) in [5.74, 6) is 0.458. The summed E-state index contributed by atoms with van der Waals surface area (Å²) in [6, 6.07) is 2.33. The Bertz CT molecular complexity index is 588. The Morgan fingerprint density at radius 1 is 1.25 bits per heavy atom. The van der Waals surface area contributed by atoms with Crippen molar-refractivity contribution >= 4 is 5.91 Å². The summed E-state index contributed by atoms with van der Waals surface area (Å²) in [6.45, 7) is 13.1. The predicted octanol–water partition coefficient (Wildman–Crippen LogP) is 1.90. The summed E-state index contributed by atoms with van der Waals surface area (Å²) in [4.78, 5) is 16.9. The Morgan fingerprint density at radius 3 is 2.33 bits per heavy atom. The molecule has 1 aliphatic rings. The number of aromatic nitrogens is 2. The standard InChI is InChI=1S/C18H29N5O/c1-12(2)17(11-19)22-6-8-23(9-7-22)18(24)13(3)10-16-14(4)20-21-15(16)5/h12-13,17H,6-10H2,1-5H3,(H,20,21)/t13-,17-/m1/s1. The molecule has 1 aromatic heterocycles. The van der Waals surface area contributed by atoms with Gasteiger partial charge in [0.1, 0.15) is 6.04 Å². The first-order chi connectivity index (χ1) is 11.3. The third-order valence-electron chi connectivity index (χ3n) is 5.00. The van der Waals surface area contributed by atoms with Gasteiger partial charge < -0.3 is 4.90 Å². The number of rotatable bonds is 5. The molecule has 2 rings (SSSR count). The van der Waals surface area contributed by atoms with Crippen LogP contribution in [0, 0.1) is 37.0 Å². The smallest absolute Gasteiger partial charge is 0.225 e. The van der Waals surface area contributed by atoms with E-state index in [1.54, 1.807) is 0 Å². The molecule has 1 aliphatic heterocycles. The van der Waals surface area contributed by atoms with Crippen molar-refractivity contribution in [2.45, 2.75) is 47.1 Å². The summed E-state index contributed by atoms with van der Waals surface area (Å²) < 4.78 is 0. The number of nitriles is 1. The number of carbonyl (C=O) groups excluding carboxylic acids is 1. The first-order valence-electron chi connectivity index (χ1n) is 8.78. The maximum atomic E-state index is 12.7. The fourth-order valence-electron chi connectivity index (χ4n) is 3.45. The first-order valence-corrected chi connectivity index (χ1v) is 8.78. The average molecular weight is 331 g/mol. The van der Waals surface area contributed by atoms with E-state index in [4.69, 9.17) is 0 Å². The Balaban J connectivity index is 1.92. The quantitative estimate of drug-likeness (QED) is 0.894. The minimum Gasteiger partial charge on any atom is -0.340 e. The number of amides is 1. The molecule has 0 radical (unpaired) electrons. The fourth-order valence-corrected chi connectivity index (χ4v) is 3.45. The third-order valence-corrected chi connectivity index (χ3v) is 5.00. The maximum absolute atomic E-state index is 12.7. The van der Waals surface area contributed by atoms with Gasteiger partial charge >= 0.3 is 0 Å². The van der Waals surface area contributed by atoms with Gasteiger partial charge in [-0.1, -0.05) is 20.8 Å². The highest BCUT2D eigenvalue weighted by molar-refractivity contribution is 5.79. The van der Waals surface area contributed by atoms with E-state index in [1.165, 1.54) is 0 Å². The highest BCUT2D eigenvalue weighted by Gasteiger charge is 2.29. The molecule has 0 aromatic carbocycles. The Labute approximate surface area is 144 Å². The van der Waals surface area contributed by atoms with Crippen LogP contribution in [0.4, 0.5) is 0 Å². The molecule has 1 amide bonds. The van der Waals surface area contributed by atoms with Crippen molar-refractivity contribution in [1.82, 2.24) is 20.0 Å². The van der Waals surface area contributed by atoms with Crippen LogP contribution in [0.15, 0.2) is 0 Å². The van der Waals surface area contributed by atoms with Crippen LogP contribution in [-0.2, 0) is 11.2 Å². The highest BCUT2D eigenvalue weighted by Crippen LogP contribution is 2.19. The summed E-state index contributed by atoms with van der Waals surface area (Å²) >= 11 is 0. The lowest BCUT2D eigenvalue weighted by atomic mass is 9.97. The van der Waals surface area contributed by atoms with Gasteiger partial charge in [0.2, 0.25) is 5.91 Å². The van der Waals surface area contributed by atoms with Crippen molar-refractivity contribution < 1.29 is 4.79 Å². The number of carbonyl (C=O) groups is 1. The maximum Gasteiger partial charge on any atom is 0.225 e. The zero-order chi connectivity index (χ0) is 17.9. The summed E-state index contributed by atoms with van der Waals surface area (Å²) in [7, 11) is 0. The molecule has 24 heavy (non-hydrogen) atoms. The molecule has 2 atom stereocenters. The van der Waals surface area contributed by atoms with Crippen LogP contribution in [0.2, 0.25) is 0 Å². The number of hydrogen-bond donors (Lipinski definition) is 1. The number of hydrogen-bond acceptors (Lipinski definition) is 4. The third kappa shape index (κ3) is 3.96. The summed E-state index contributed by atoms with van der Waals surface area (Å²) in [5, 5.41) is 16.5. The second-order valence-electron chi connectivity index (χ2n) is 7.20. The van der Waals surface area contributed by atoms with E-state index >= 15 is 0 Å². The van der Waals surface area contributed by atoms with Crippen molar-refractivity contribution in [3.05, 3.63) is 17.0 Å². The molecule has 0 aliphatic carbocycles. The van der Waals surface area contributed by atoms with Crippen LogP contribution in [0.25, 0.3) is 0 Å². The Kier molecular flexibility index (Phi) is 6.00. The molecule has 0 bridgehead atoms. The van der Waals surface area contributed by atoms with Crippen LogP contribution >= 0.6 is 0 Å². The normalized spacial score (nSPS) is 18.5. The minimum atomic E-state index is -0.0593. The number of piperazine rings is 1. The SMILES string of the molecule is Cc1n[nH]c(C)c1C[C@@H](C)C(=O)N1CCN([C@H](C#N)C(C)C)CC1. The first kappa shape index (κ1) is 18.5. The Hall–Kier alpha value is -1.87. The molecule has 0 saturated carbocycles.